The summed E-state index contributed by atoms with van der Waals surface area (Å²) in [7, 11) is 0. The number of hydrogen-bond acceptors (Lipinski definition) is 0. The molecule has 0 amide bonds. The Labute approximate surface area is 115 Å². The van der Waals surface area contributed by atoms with Crippen LogP contribution in [0, 0.1) is 29.1 Å². The van der Waals surface area contributed by atoms with Crippen LogP contribution >= 0.6 is 0 Å². The molecule has 2 fully saturated rings. The summed E-state index contributed by atoms with van der Waals surface area (Å²) in [5.74, 6) is 4.19. The molecule has 0 nitrogen and oxygen atoms in total. The Kier molecular flexibility index (Phi) is 4.78. The number of hydrogen-bond donors (Lipinski definition) is 0. The SMILES string of the molecule is CCCC1CCCC1C1(C)CCC1C(CC)CC. The van der Waals surface area contributed by atoms with Crippen molar-refractivity contribution in [2.24, 2.45) is 29.1 Å². The van der Waals surface area contributed by atoms with E-state index in [2.05, 4.69) is 27.7 Å². The zero-order chi connectivity index (χ0) is 13.2. The second kappa shape index (κ2) is 5.97. The minimum absolute atomic E-state index is 0.715. The fraction of sp³-hybridized carbons (Fsp3) is 1.00. The van der Waals surface area contributed by atoms with Gasteiger partial charge in [0.2, 0.25) is 0 Å². The molecule has 2 aliphatic carbocycles. The maximum absolute atomic E-state index is 2.65. The topological polar surface area (TPSA) is 0 Å². The van der Waals surface area contributed by atoms with Crippen molar-refractivity contribution >= 4 is 0 Å². The van der Waals surface area contributed by atoms with Crippen LogP contribution in [-0.4, -0.2) is 0 Å². The summed E-state index contributed by atoms with van der Waals surface area (Å²) in [6.07, 6.45) is 13.3. The highest BCUT2D eigenvalue weighted by Gasteiger charge is 2.52. The van der Waals surface area contributed by atoms with Crippen LogP contribution in [0.2, 0.25) is 0 Å². The molecule has 0 aromatic heterocycles. The summed E-state index contributed by atoms with van der Waals surface area (Å²) < 4.78 is 0. The Morgan fingerprint density at radius 1 is 1.06 bits per heavy atom. The van der Waals surface area contributed by atoms with Crippen LogP contribution in [0.3, 0.4) is 0 Å². The molecule has 0 spiro atoms. The average Bonchev–Trinajstić information content (AvgIpc) is 2.82. The lowest BCUT2D eigenvalue weighted by molar-refractivity contribution is -0.0669. The van der Waals surface area contributed by atoms with Crippen LogP contribution in [-0.2, 0) is 0 Å². The summed E-state index contributed by atoms with van der Waals surface area (Å²) in [4.78, 5) is 0. The first-order valence-corrected chi connectivity index (χ1v) is 8.67. The van der Waals surface area contributed by atoms with Crippen molar-refractivity contribution in [1.29, 1.82) is 0 Å². The Hall–Kier alpha value is 0. The Morgan fingerprint density at radius 2 is 1.78 bits per heavy atom. The third-order valence-electron chi connectivity index (χ3n) is 6.62. The highest BCUT2D eigenvalue weighted by molar-refractivity contribution is 5.02. The Morgan fingerprint density at radius 3 is 2.28 bits per heavy atom. The van der Waals surface area contributed by atoms with E-state index in [0.29, 0.717) is 5.41 Å². The average molecular weight is 250 g/mol. The monoisotopic (exact) mass is 250 g/mol. The van der Waals surface area contributed by atoms with Gasteiger partial charge >= 0.3 is 0 Å². The highest BCUT2D eigenvalue weighted by Crippen LogP contribution is 2.61. The third kappa shape index (κ3) is 2.37. The van der Waals surface area contributed by atoms with E-state index >= 15 is 0 Å². The molecule has 2 rings (SSSR count). The lowest BCUT2D eigenvalue weighted by atomic mass is 9.49. The minimum atomic E-state index is 0.715. The van der Waals surface area contributed by atoms with Crippen LogP contribution in [0.15, 0.2) is 0 Å². The zero-order valence-corrected chi connectivity index (χ0v) is 13.2. The van der Waals surface area contributed by atoms with Gasteiger partial charge in [0, 0.05) is 0 Å². The van der Waals surface area contributed by atoms with Crippen LogP contribution in [0.5, 0.6) is 0 Å². The standard InChI is InChI=1S/C18H34/c1-5-9-15-10-8-11-16(15)18(4)13-12-17(18)14(6-2)7-3/h14-17H,5-13H2,1-4H3. The van der Waals surface area contributed by atoms with Gasteiger partial charge < -0.3 is 0 Å². The van der Waals surface area contributed by atoms with Crippen LogP contribution in [0.1, 0.15) is 85.5 Å². The molecule has 0 radical (unpaired) electrons. The summed E-state index contributed by atoms with van der Waals surface area (Å²) in [5.41, 5.74) is 0.715. The quantitative estimate of drug-likeness (QED) is 0.538. The first-order chi connectivity index (χ1) is 8.67. The number of rotatable bonds is 6. The van der Waals surface area contributed by atoms with E-state index in [1.54, 1.807) is 0 Å². The molecule has 0 aromatic carbocycles. The molecule has 0 N–H and O–H groups in total. The lowest BCUT2D eigenvalue weighted by Gasteiger charge is -2.56. The molecule has 4 unspecified atom stereocenters. The molecule has 0 aromatic rings. The molecule has 0 aliphatic heterocycles. The summed E-state index contributed by atoms with van der Waals surface area (Å²) in [6.45, 7) is 9.84. The van der Waals surface area contributed by atoms with E-state index in [0.717, 1.165) is 23.7 Å². The van der Waals surface area contributed by atoms with Gasteiger partial charge in [0.05, 0.1) is 0 Å². The second-order valence-electron chi connectivity index (χ2n) is 7.31. The first-order valence-electron chi connectivity index (χ1n) is 8.67. The van der Waals surface area contributed by atoms with Gasteiger partial charge in [0.25, 0.3) is 0 Å². The highest BCUT2D eigenvalue weighted by atomic mass is 14.6. The molecule has 18 heavy (non-hydrogen) atoms. The van der Waals surface area contributed by atoms with Crippen molar-refractivity contribution in [2.45, 2.75) is 85.5 Å². The van der Waals surface area contributed by atoms with Crippen LogP contribution < -0.4 is 0 Å². The first kappa shape index (κ1) is 14.4. The van der Waals surface area contributed by atoms with Crippen molar-refractivity contribution in [3.05, 3.63) is 0 Å². The van der Waals surface area contributed by atoms with E-state index in [4.69, 9.17) is 0 Å². The van der Waals surface area contributed by atoms with E-state index in [1.165, 1.54) is 57.8 Å². The smallest absolute Gasteiger partial charge is 0.0264 e. The van der Waals surface area contributed by atoms with Gasteiger partial charge in [-0.25, -0.2) is 0 Å². The lowest BCUT2D eigenvalue weighted by Crippen LogP contribution is -2.48. The van der Waals surface area contributed by atoms with Gasteiger partial charge in [-0.3, -0.25) is 0 Å². The largest absolute Gasteiger partial charge is 0.0654 e. The molecule has 0 saturated heterocycles. The van der Waals surface area contributed by atoms with Gasteiger partial charge in [-0.1, -0.05) is 66.2 Å². The van der Waals surface area contributed by atoms with Crippen LogP contribution in [0.4, 0.5) is 0 Å². The predicted molar refractivity (Wildman–Crippen MR) is 80.6 cm³/mol. The van der Waals surface area contributed by atoms with Crippen molar-refractivity contribution < 1.29 is 0 Å². The molecule has 0 heterocycles. The molecular weight excluding hydrogens is 216 g/mol. The summed E-state index contributed by atoms with van der Waals surface area (Å²) in [6, 6.07) is 0. The van der Waals surface area contributed by atoms with Crippen molar-refractivity contribution in [1.82, 2.24) is 0 Å². The van der Waals surface area contributed by atoms with E-state index in [9.17, 15) is 0 Å². The van der Waals surface area contributed by atoms with E-state index < -0.39 is 0 Å². The van der Waals surface area contributed by atoms with Gasteiger partial charge in [-0.2, -0.15) is 0 Å². The second-order valence-corrected chi connectivity index (χ2v) is 7.31. The zero-order valence-electron chi connectivity index (χ0n) is 13.2. The Balaban J connectivity index is 2.06. The fourth-order valence-corrected chi connectivity index (χ4v) is 5.48. The van der Waals surface area contributed by atoms with Gasteiger partial charge in [0.15, 0.2) is 0 Å². The third-order valence-corrected chi connectivity index (χ3v) is 6.62. The molecule has 2 aliphatic rings. The van der Waals surface area contributed by atoms with Gasteiger partial charge in [-0.05, 0) is 48.3 Å². The summed E-state index contributed by atoms with van der Waals surface area (Å²) in [5, 5.41) is 0. The van der Waals surface area contributed by atoms with Crippen molar-refractivity contribution in [3.8, 4) is 0 Å². The molecule has 106 valence electrons. The maximum atomic E-state index is 2.65. The minimum Gasteiger partial charge on any atom is -0.0654 e. The molecule has 0 bridgehead atoms. The molecule has 2 saturated carbocycles. The fourth-order valence-electron chi connectivity index (χ4n) is 5.48. The van der Waals surface area contributed by atoms with Crippen molar-refractivity contribution in [3.63, 3.8) is 0 Å². The maximum Gasteiger partial charge on any atom is -0.0264 e. The van der Waals surface area contributed by atoms with Crippen LogP contribution in [0.25, 0.3) is 0 Å². The Bertz CT molecular complexity index is 253. The molecular formula is C18H34. The molecule has 0 heteroatoms. The van der Waals surface area contributed by atoms with E-state index in [-0.39, 0.29) is 0 Å². The van der Waals surface area contributed by atoms with Crippen molar-refractivity contribution in [2.75, 3.05) is 0 Å². The summed E-state index contributed by atoms with van der Waals surface area (Å²) >= 11 is 0. The van der Waals surface area contributed by atoms with Gasteiger partial charge in [0.1, 0.15) is 0 Å². The normalized spacial score (nSPS) is 40.2. The van der Waals surface area contributed by atoms with Gasteiger partial charge in [-0.15, -0.1) is 0 Å². The molecule has 4 atom stereocenters. The predicted octanol–water partition coefficient (Wildman–Crippen LogP) is 6.06. The van der Waals surface area contributed by atoms with E-state index in [1.807, 2.05) is 0 Å².